The number of ether oxygens (including phenoxy) is 1. The number of phenols is 1. The molecule has 2 fully saturated rings. The summed E-state index contributed by atoms with van der Waals surface area (Å²) in [5.74, 6) is 1.53. The molecule has 0 spiro atoms. The third-order valence-electron chi connectivity index (χ3n) is 4.31. The largest absolute Gasteiger partial charge is 0.503 e. The molecule has 2 N–H and O–H groups in total. The molecule has 3 rings (SSSR count). The highest BCUT2D eigenvalue weighted by atomic mass is 79.9. The summed E-state index contributed by atoms with van der Waals surface area (Å²) in [5.41, 5.74) is 1.26. The van der Waals surface area contributed by atoms with Crippen LogP contribution in [-0.4, -0.2) is 42.8 Å². The molecule has 132 valence electrons. The Morgan fingerprint density at radius 3 is 2.52 bits per heavy atom. The Hall–Kier alpha value is -0.200. The first-order chi connectivity index (χ1) is 10.2. The number of nitrogens with zero attached hydrogens (tertiary/aromatic N) is 1. The fraction of sp³-hybridized carbons (Fsp3) is 0.625. The molecular weight excluding hydrogens is 403 g/mol. The van der Waals surface area contributed by atoms with Crippen LogP contribution in [0.2, 0.25) is 0 Å². The lowest BCUT2D eigenvalue weighted by molar-refractivity contribution is 0.155. The minimum atomic E-state index is 0. The second kappa shape index (κ2) is 9.33. The van der Waals surface area contributed by atoms with Gasteiger partial charge in [0.15, 0.2) is 11.5 Å². The molecule has 0 radical (unpaired) electrons. The van der Waals surface area contributed by atoms with E-state index in [1.165, 1.54) is 18.4 Å². The number of aromatic hydroxyl groups is 1. The molecule has 1 saturated carbocycles. The van der Waals surface area contributed by atoms with Gasteiger partial charge < -0.3 is 15.2 Å². The van der Waals surface area contributed by atoms with Gasteiger partial charge in [-0.05, 0) is 59.3 Å². The van der Waals surface area contributed by atoms with Crippen LogP contribution in [0.4, 0.5) is 0 Å². The standard InChI is InChI=1S/C16H23BrN2O2.2ClH/c1-2-21-14-10-12(9-13(17)16(14)20)15(11-3-4-11)19-7-5-18-6-8-19;;/h9-11,15,18,20H,2-8H2,1H3;2*1H/t15-;;/m0../s1. The van der Waals surface area contributed by atoms with Gasteiger partial charge in [0.1, 0.15) is 0 Å². The molecule has 1 heterocycles. The molecule has 1 aromatic carbocycles. The maximum Gasteiger partial charge on any atom is 0.172 e. The molecule has 2 aliphatic rings. The van der Waals surface area contributed by atoms with E-state index in [1.807, 2.05) is 13.0 Å². The number of hydrogen-bond acceptors (Lipinski definition) is 4. The van der Waals surface area contributed by atoms with Crippen molar-refractivity contribution in [3.63, 3.8) is 0 Å². The lowest BCUT2D eigenvalue weighted by Gasteiger charge is -2.35. The first kappa shape index (κ1) is 20.8. The molecule has 0 amide bonds. The van der Waals surface area contributed by atoms with Crippen LogP contribution in [-0.2, 0) is 0 Å². The Kier molecular flexibility index (Phi) is 8.45. The summed E-state index contributed by atoms with van der Waals surface area (Å²) in [6.45, 7) is 6.79. The first-order valence-corrected chi connectivity index (χ1v) is 8.60. The fourth-order valence-corrected chi connectivity index (χ4v) is 3.64. The SMILES string of the molecule is CCOc1cc([C@H](C2CC2)N2CCNCC2)cc(Br)c1O.Cl.Cl. The Morgan fingerprint density at radius 2 is 1.96 bits per heavy atom. The zero-order chi connectivity index (χ0) is 14.8. The first-order valence-electron chi connectivity index (χ1n) is 7.80. The van der Waals surface area contributed by atoms with Gasteiger partial charge >= 0.3 is 0 Å². The summed E-state index contributed by atoms with van der Waals surface area (Å²) in [5, 5.41) is 13.5. The lowest BCUT2D eigenvalue weighted by Crippen LogP contribution is -2.45. The number of halogens is 3. The van der Waals surface area contributed by atoms with Crippen LogP contribution in [0.25, 0.3) is 0 Å². The zero-order valence-corrected chi connectivity index (χ0v) is 16.5. The van der Waals surface area contributed by atoms with Gasteiger partial charge in [0.05, 0.1) is 11.1 Å². The van der Waals surface area contributed by atoms with E-state index < -0.39 is 0 Å². The lowest BCUT2D eigenvalue weighted by atomic mass is 9.99. The second-order valence-electron chi connectivity index (χ2n) is 5.85. The van der Waals surface area contributed by atoms with Crippen molar-refractivity contribution in [2.75, 3.05) is 32.8 Å². The monoisotopic (exact) mass is 426 g/mol. The topological polar surface area (TPSA) is 44.7 Å². The third kappa shape index (κ3) is 4.89. The summed E-state index contributed by atoms with van der Waals surface area (Å²) in [6.07, 6.45) is 2.61. The molecule has 7 heteroatoms. The predicted octanol–water partition coefficient (Wildman–Crippen LogP) is 3.75. The van der Waals surface area contributed by atoms with E-state index in [4.69, 9.17) is 4.74 Å². The van der Waals surface area contributed by atoms with E-state index >= 15 is 0 Å². The number of phenolic OH excluding ortho intramolecular Hbond substituents is 1. The van der Waals surface area contributed by atoms with Gasteiger partial charge in [0.25, 0.3) is 0 Å². The molecule has 23 heavy (non-hydrogen) atoms. The number of piperazine rings is 1. The van der Waals surface area contributed by atoms with Crippen LogP contribution in [0, 0.1) is 5.92 Å². The highest BCUT2D eigenvalue weighted by Crippen LogP contribution is 2.47. The van der Waals surface area contributed by atoms with Crippen LogP contribution >= 0.6 is 40.7 Å². The average molecular weight is 428 g/mol. The maximum atomic E-state index is 10.1. The summed E-state index contributed by atoms with van der Waals surface area (Å²) in [6, 6.07) is 4.53. The van der Waals surface area contributed by atoms with Crippen molar-refractivity contribution in [1.29, 1.82) is 0 Å². The zero-order valence-electron chi connectivity index (χ0n) is 13.3. The molecule has 1 saturated heterocycles. The molecule has 1 aliphatic heterocycles. The molecule has 1 aromatic rings. The Bertz CT molecular complexity index is 509. The quantitative estimate of drug-likeness (QED) is 0.750. The van der Waals surface area contributed by atoms with E-state index in [9.17, 15) is 5.11 Å². The van der Waals surface area contributed by atoms with Crippen LogP contribution in [0.5, 0.6) is 11.5 Å². The Balaban J connectivity index is 0.00000132. The third-order valence-corrected chi connectivity index (χ3v) is 4.91. The van der Waals surface area contributed by atoms with Crippen molar-refractivity contribution in [1.82, 2.24) is 10.2 Å². The van der Waals surface area contributed by atoms with Crippen molar-refractivity contribution in [3.05, 3.63) is 22.2 Å². The Morgan fingerprint density at radius 1 is 1.30 bits per heavy atom. The summed E-state index contributed by atoms with van der Waals surface area (Å²) < 4.78 is 6.31. The van der Waals surface area contributed by atoms with Crippen LogP contribution in [0.1, 0.15) is 31.4 Å². The van der Waals surface area contributed by atoms with Gasteiger partial charge in [-0.15, -0.1) is 24.8 Å². The average Bonchev–Trinajstić information content (AvgIpc) is 3.30. The fourth-order valence-electron chi connectivity index (χ4n) is 3.18. The van der Waals surface area contributed by atoms with Crippen molar-refractivity contribution in [2.24, 2.45) is 5.92 Å². The van der Waals surface area contributed by atoms with E-state index in [0.717, 1.165) is 36.6 Å². The number of nitrogens with one attached hydrogen (secondary N) is 1. The van der Waals surface area contributed by atoms with Crippen molar-refractivity contribution >= 4 is 40.7 Å². The molecule has 1 atom stereocenters. The second-order valence-corrected chi connectivity index (χ2v) is 6.71. The molecule has 0 aromatic heterocycles. The summed E-state index contributed by atoms with van der Waals surface area (Å²) >= 11 is 3.47. The molecular formula is C16H25BrCl2N2O2. The van der Waals surface area contributed by atoms with Gasteiger partial charge in [-0.3, -0.25) is 4.90 Å². The van der Waals surface area contributed by atoms with Crippen LogP contribution < -0.4 is 10.1 Å². The predicted molar refractivity (Wildman–Crippen MR) is 101 cm³/mol. The van der Waals surface area contributed by atoms with E-state index in [1.54, 1.807) is 0 Å². The van der Waals surface area contributed by atoms with Crippen molar-refractivity contribution < 1.29 is 9.84 Å². The minimum Gasteiger partial charge on any atom is -0.503 e. The Labute approximate surface area is 158 Å². The molecule has 1 aliphatic carbocycles. The van der Waals surface area contributed by atoms with Crippen molar-refractivity contribution in [3.8, 4) is 11.5 Å². The van der Waals surface area contributed by atoms with E-state index in [-0.39, 0.29) is 30.6 Å². The van der Waals surface area contributed by atoms with E-state index in [2.05, 4.69) is 32.2 Å². The number of hydrogen-bond donors (Lipinski definition) is 2. The number of benzene rings is 1. The normalized spacial score (nSPS) is 19.4. The molecule has 0 bridgehead atoms. The summed E-state index contributed by atoms with van der Waals surface area (Å²) in [7, 11) is 0. The summed E-state index contributed by atoms with van der Waals surface area (Å²) in [4.78, 5) is 2.57. The number of rotatable bonds is 5. The molecule has 0 unspecified atom stereocenters. The highest BCUT2D eigenvalue weighted by Gasteiger charge is 2.37. The van der Waals surface area contributed by atoms with Gasteiger partial charge in [0.2, 0.25) is 0 Å². The van der Waals surface area contributed by atoms with E-state index in [0.29, 0.717) is 18.4 Å². The van der Waals surface area contributed by atoms with Gasteiger partial charge in [-0.25, -0.2) is 0 Å². The van der Waals surface area contributed by atoms with Gasteiger partial charge in [0, 0.05) is 32.2 Å². The van der Waals surface area contributed by atoms with Gasteiger partial charge in [-0.2, -0.15) is 0 Å². The highest BCUT2D eigenvalue weighted by molar-refractivity contribution is 9.10. The maximum absolute atomic E-state index is 10.1. The minimum absolute atomic E-state index is 0. The van der Waals surface area contributed by atoms with Crippen LogP contribution in [0.15, 0.2) is 16.6 Å². The van der Waals surface area contributed by atoms with Gasteiger partial charge in [-0.1, -0.05) is 0 Å². The smallest absolute Gasteiger partial charge is 0.172 e. The molecule has 4 nitrogen and oxygen atoms in total. The van der Waals surface area contributed by atoms with Crippen molar-refractivity contribution in [2.45, 2.75) is 25.8 Å². The van der Waals surface area contributed by atoms with Crippen LogP contribution in [0.3, 0.4) is 0 Å².